The van der Waals surface area contributed by atoms with Crippen molar-refractivity contribution >= 4 is 5.91 Å². The Balaban J connectivity index is 2.50. The highest BCUT2D eigenvalue weighted by atomic mass is 19.1. The van der Waals surface area contributed by atoms with Gasteiger partial charge in [-0.3, -0.25) is 4.79 Å². The summed E-state index contributed by atoms with van der Waals surface area (Å²) < 4.78 is 26.2. The van der Waals surface area contributed by atoms with Crippen LogP contribution in [0, 0.1) is 23.0 Å². The first kappa shape index (κ1) is 12.1. The van der Waals surface area contributed by atoms with Crippen molar-refractivity contribution < 1.29 is 13.6 Å². The SMILES string of the molecule is N#CCC(=O)NCCc1c(F)cccc1F. The van der Waals surface area contributed by atoms with Gasteiger partial charge in [-0.05, 0) is 18.6 Å². The van der Waals surface area contributed by atoms with Crippen molar-refractivity contribution in [1.82, 2.24) is 5.32 Å². The summed E-state index contributed by atoms with van der Waals surface area (Å²) in [6.07, 6.45) is -0.185. The van der Waals surface area contributed by atoms with E-state index in [0.717, 1.165) is 12.1 Å². The minimum atomic E-state index is -0.630. The number of carbonyl (C=O) groups is 1. The van der Waals surface area contributed by atoms with Gasteiger partial charge >= 0.3 is 0 Å². The van der Waals surface area contributed by atoms with Gasteiger partial charge in [0.25, 0.3) is 0 Å². The molecule has 0 spiro atoms. The Morgan fingerprint density at radius 2 is 2.00 bits per heavy atom. The van der Waals surface area contributed by atoms with Crippen LogP contribution in [0.4, 0.5) is 8.78 Å². The maximum absolute atomic E-state index is 13.1. The number of nitrogens with one attached hydrogen (secondary N) is 1. The third-order valence-corrected chi connectivity index (χ3v) is 2.00. The summed E-state index contributed by atoms with van der Waals surface area (Å²) >= 11 is 0. The summed E-state index contributed by atoms with van der Waals surface area (Å²) in [7, 11) is 0. The number of nitriles is 1. The fraction of sp³-hybridized carbons (Fsp3) is 0.273. The Morgan fingerprint density at radius 3 is 2.56 bits per heavy atom. The summed E-state index contributed by atoms with van der Waals surface area (Å²) in [5.41, 5.74) is -0.0558. The standard InChI is InChI=1S/C11H10F2N2O/c12-9-2-1-3-10(13)8(9)5-7-15-11(16)4-6-14/h1-3H,4-5,7H2,(H,15,16). The average Bonchev–Trinajstić information content (AvgIpc) is 2.23. The van der Waals surface area contributed by atoms with E-state index in [4.69, 9.17) is 5.26 Å². The predicted octanol–water partition coefficient (Wildman–Crippen LogP) is 1.54. The molecule has 0 fully saturated rings. The first-order valence-electron chi connectivity index (χ1n) is 4.71. The van der Waals surface area contributed by atoms with E-state index in [9.17, 15) is 13.6 Å². The largest absolute Gasteiger partial charge is 0.355 e. The van der Waals surface area contributed by atoms with Crippen molar-refractivity contribution in [2.24, 2.45) is 0 Å². The van der Waals surface area contributed by atoms with Gasteiger partial charge in [-0.1, -0.05) is 6.07 Å². The van der Waals surface area contributed by atoms with Crippen LogP contribution in [0.1, 0.15) is 12.0 Å². The molecule has 1 rings (SSSR count). The van der Waals surface area contributed by atoms with E-state index in [1.54, 1.807) is 6.07 Å². The normalized spacial score (nSPS) is 9.56. The number of amides is 1. The van der Waals surface area contributed by atoms with Crippen LogP contribution in [-0.4, -0.2) is 12.5 Å². The van der Waals surface area contributed by atoms with E-state index in [1.165, 1.54) is 6.07 Å². The van der Waals surface area contributed by atoms with E-state index in [1.807, 2.05) is 0 Å². The fourth-order valence-corrected chi connectivity index (χ4v) is 1.23. The summed E-state index contributed by atoms with van der Waals surface area (Å²) in [4.78, 5) is 10.9. The number of halogens is 2. The number of hydrogen-bond donors (Lipinski definition) is 1. The minimum absolute atomic E-state index is 0.0558. The molecule has 0 atom stereocenters. The highest BCUT2D eigenvalue weighted by Crippen LogP contribution is 2.11. The van der Waals surface area contributed by atoms with Crippen molar-refractivity contribution in [1.29, 1.82) is 5.26 Å². The molecule has 1 aromatic rings. The first-order valence-corrected chi connectivity index (χ1v) is 4.71. The molecule has 5 heteroatoms. The van der Waals surface area contributed by atoms with Gasteiger partial charge in [-0.15, -0.1) is 0 Å². The van der Waals surface area contributed by atoms with E-state index in [2.05, 4.69) is 5.32 Å². The molecule has 0 aliphatic heterocycles. The maximum atomic E-state index is 13.1. The third-order valence-electron chi connectivity index (χ3n) is 2.00. The lowest BCUT2D eigenvalue weighted by Gasteiger charge is -2.05. The third kappa shape index (κ3) is 3.31. The van der Waals surface area contributed by atoms with Gasteiger partial charge in [0.2, 0.25) is 5.91 Å². The molecule has 1 N–H and O–H groups in total. The highest BCUT2D eigenvalue weighted by molar-refractivity contribution is 5.77. The van der Waals surface area contributed by atoms with Gasteiger partial charge in [0, 0.05) is 12.1 Å². The quantitative estimate of drug-likeness (QED) is 0.843. The molecule has 16 heavy (non-hydrogen) atoms. The van der Waals surface area contributed by atoms with Crippen molar-refractivity contribution in [2.45, 2.75) is 12.8 Å². The van der Waals surface area contributed by atoms with Crippen molar-refractivity contribution in [3.63, 3.8) is 0 Å². The van der Waals surface area contributed by atoms with E-state index >= 15 is 0 Å². The topological polar surface area (TPSA) is 52.9 Å². The second-order valence-electron chi connectivity index (χ2n) is 3.14. The van der Waals surface area contributed by atoms with Crippen LogP contribution in [0.3, 0.4) is 0 Å². The van der Waals surface area contributed by atoms with Crippen LogP contribution in [0.2, 0.25) is 0 Å². The lowest BCUT2D eigenvalue weighted by Crippen LogP contribution is -2.25. The molecule has 0 saturated heterocycles. The zero-order valence-electron chi connectivity index (χ0n) is 8.46. The molecule has 84 valence electrons. The molecule has 0 heterocycles. The highest BCUT2D eigenvalue weighted by Gasteiger charge is 2.08. The Morgan fingerprint density at radius 1 is 1.38 bits per heavy atom. The van der Waals surface area contributed by atoms with Crippen molar-refractivity contribution in [2.75, 3.05) is 6.54 Å². The molecule has 1 amide bonds. The molecule has 0 radical (unpaired) electrons. The van der Waals surface area contributed by atoms with Crippen LogP contribution in [0.15, 0.2) is 18.2 Å². The van der Waals surface area contributed by atoms with Gasteiger partial charge in [0.15, 0.2) is 0 Å². The van der Waals surface area contributed by atoms with Crippen LogP contribution >= 0.6 is 0 Å². The maximum Gasteiger partial charge on any atom is 0.234 e. The Hall–Kier alpha value is -1.96. The van der Waals surface area contributed by atoms with E-state index in [-0.39, 0.29) is 24.9 Å². The molecule has 0 bridgehead atoms. The number of carbonyl (C=O) groups excluding carboxylic acids is 1. The molecular formula is C11H10F2N2O. The lowest BCUT2D eigenvalue weighted by atomic mass is 10.1. The van der Waals surface area contributed by atoms with Crippen LogP contribution in [0.5, 0.6) is 0 Å². The fourth-order valence-electron chi connectivity index (χ4n) is 1.23. The van der Waals surface area contributed by atoms with Gasteiger partial charge in [-0.25, -0.2) is 8.78 Å². The predicted molar refractivity (Wildman–Crippen MR) is 53.3 cm³/mol. The number of benzene rings is 1. The molecule has 0 aliphatic carbocycles. The molecular weight excluding hydrogens is 214 g/mol. The van der Waals surface area contributed by atoms with Crippen molar-refractivity contribution in [3.05, 3.63) is 35.4 Å². The molecule has 3 nitrogen and oxygen atoms in total. The molecule has 0 saturated carbocycles. The van der Waals surface area contributed by atoms with E-state index < -0.39 is 17.5 Å². The zero-order chi connectivity index (χ0) is 12.0. The molecule has 0 aliphatic rings. The first-order chi connectivity index (χ1) is 7.65. The summed E-state index contributed by atoms with van der Waals surface area (Å²) in [5.74, 6) is -1.71. The summed E-state index contributed by atoms with van der Waals surface area (Å²) in [6, 6.07) is 5.28. The van der Waals surface area contributed by atoms with Crippen molar-refractivity contribution in [3.8, 4) is 6.07 Å². The van der Waals surface area contributed by atoms with Crippen LogP contribution < -0.4 is 5.32 Å². The smallest absolute Gasteiger partial charge is 0.234 e. The number of hydrogen-bond acceptors (Lipinski definition) is 2. The van der Waals surface area contributed by atoms with Gasteiger partial charge in [0.05, 0.1) is 6.07 Å². The van der Waals surface area contributed by atoms with Gasteiger partial charge in [-0.2, -0.15) is 5.26 Å². The van der Waals surface area contributed by atoms with E-state index in [0.29, 0.717) is 0 Å². The van der Waals surface area contributed by atoms with Crippen LogP contribution in [-0.2, 0) is 11.2 Å². The Bertz CT molecular complexity index is 406. The molecule has 0 unspecified atom stereocenters. The Labute approximate surface area is 91.7 Å². The van der Waals surface area contributed by atoms with Crippen LogP contribution in [0.25, 0.3) is 0 Å². The Kier molecular flexibility index (Phi) is 4.40. The second kappa shape index (κ2) is 5.81. The monoisotopic (exact) mass is 224 g/mol. The summed E-state index contributed by atoms with van der Waals surface area (Å²) in [5, 5.41) is 10.6. The average molecular weight is 224 g/mol. The zero-order valence-corrected chi connectivity index (χ0v) is 8.46. The van der Waals surface area contributed by atoms with Gasteiger partial charge in [0.1, 0.15) is 18.1 Å². The minimum Gasteiger partial charge on any atom is -0.355 e. The lowest BCUT2D eigenvalue weighted by molar-refractivity contribution is -0.120. The summed E-state index contributed by atoms with van der Waals surface area (Å²) in [6.45, 7) is 0.109. The second-order valence-corrected chi connectivity index (χ2v) is 3.14. The molecule has 0 aromatic heterocycles. The molecule has 1 aromatic carbocycles. The van der Waals surface area contributed by atoms with Gasteiger partial charge < -0.3 is 5.32 Å². The number of rotatable bonds is 4. The number of nitrogens with zero attached hydrogens (tertiary/aromatic N) is 1.